The van der Waals surface area contributed by atoms with E-state index in [1.54, 1.807) is 0 Å². The number of rotatable bonds is 3. The SMILES string of the molecule is O=C(O)c1ccc(OCC(F)(F)F)cc1Br. The summed E-state index contributed by atoms with van der Waals surface area (Å²) in [5, 5.41) is 8.66. The van der Waals surface area contributed by atoms with E-state index in [1.165, 1.54) is 12.1 Å². The zero-order chi connectivity index (χ0) is 12.3. The quantitative estimate of drug-likeness (QED) is 0.933. The molecule has 0 amide bonds. The highest BCUT2D eigenvalue weighted by atomic mass is 79.9. The molecule has 16 heavy (non-hydrogen) atoms. The van der Waals surface area contributed by atoms with Gasteiger partial charge in [0.1, 0.15) is 5.75 Å². The maximum Gasteiger partial charge on any atom is 0.422 e. The first-order valence-electron chi connectivity index (χ1n) is 4.02. The third-order valence-corrected chi connectivity index (χ3v) is 2.23. The Morgan fingerprint density at radius 1 is 1.44 bits per heavy atom. The maximum absolute atomic E-state index is 11.8. The molecule has 0 fully saturated rings. The minimum Gasteiger partial charge on any atom is -0.484 e. The number of ether oxygens (including phenoxy) is 1. The topological polar surface area (TPSA) is 46.5 Å². The standard InChI is InChI=1S/C9H6BrF3O3/c10-7-3-5(16-4-9(11,12)13)1-2-6(7)8(14)15/h1-3H,4H2,(H,14,15). The molecule has 0 radical (unpaired) electrons. The van der Waals surface area contributed by atoms with Crippen LogP contribution < -0.4 is 4.74 Å². The highest BCUT2D eigenvalue weighted by Gasteiger charge is 2.28. The Bertz CT molecular complexity index is 403. The lowest BCUT2D eigenvalue weighted by Crippen LogP contribution is -2.19. The van der Waals surface area contributed by atoms with Gasteiger partial charge in [-0.3, -0.25) is 0 Å². The van der Waals surface area contributed by atoms with Crippen molar-refractivity contribution in [3.8, 4) is 5.75 Å². The summed E-state index contributed by atoms with van der Waals surface area (Å²) < 4.78 is 40.1. The van der Waals surface area contributed by atoms with Crippen LogP contribution in [0.2, 0.25) is 0 Å². The van der Waals surface area contributed by atoms with E-state index in [1.807, 2.05) is 0 Å². The molecule has 1 aromatic carbocycles. The first-order chi connectivity index (χ1) is 7.29. The summed E-state index contributed by atoms with van der Waals surface area (Å²) >= 11 is 2.93. The largest absolute Gasteiger partial charge is 0.484 e. The first kappa shape index (κ1) is 12.8. The van der Waals surface area contributed by atoms with E-state index in [9.17, 15) is 18.0 Å². The van der Waals surface area contributed by atoms with E-state index >= 15 is 0 Å². The Morgan fingerprint density at radius 3 is 2.50 bits per heavy atom. The number of aromatic carboxylic acids is 1. The van der Waals surface area contributed by atoms with Crippen LogP contribution in [0.5, 0.6) is 5.75 Å². The molecule has 1 rings (SSSR count). The molecule has 0 aliphatic carbocycles. The van der Waals surface area contributed by atoms with Gasteiger partial charge in [-0.25, -0.2) is 4.79 Å². The van der Waals surface area contributed by atoms with E-state index in [4.69, 9.17) is 5.11 Å². The molecule has 7 heteroatoms. The maximum atomic E-state index is 11.8. The molecule has 1 aromatic rings. The number of alkyl halides is 3. The van der Waals surface area contributed by atoms with Gasteiger partial charge in [0.25, 0.3) is 0 Å². The van der Waals surface area contributed by atoms with E-state index in [0.29, 0.717) is 0 Å². The van der Waals surface area contributed by atoms with Crippen molar-refractivity contribution >= 4 is 21.9 Å². The summed E-state index contributed by atoms with van der Waals surface area (Å²) in [4.78, 5) is 10.6. The Hall–Kier alpha value is -1.24. The molecule has 1 N–H and O–H groups in total. The third-order valence-electron chi connectivity index (χ3n) is 1.57. The number of benzene rings is 1. The molecule has 0 aliphatic heterocycles. The van der Waals surface area contributed by atoms with Crippen molar-refractivity contribution in [2.75, 3.05) is 6.61 Å². The summed E-state index contributed by atoms with van der Waals surface area (Å²) in [6.45, 7) is -1.41. The van der Waals surface area contributed by atoms with Crippen LogP contribution in [0.3, 0.4) is 0 Å². The molecular weight excluding hydrogens is 293 g/mol. The fraction of sp³-hybridized carbons (Fsp3) is 0.222. The van der Waals surface area contributed by atoms with Crippen molar-refractivity contribution < 1.29 is 27.8 Å². The van der Waals surface area contributed by atoms with Gasteiger partial charge in [-0.15, -0.1) is 0 Å². The second kappa shape index (κ2) is 4.73. The molecule has 0 saturated heterocycles. The van der Waals surface area contributed by atoms with Crippen molar-refractivity contribution in [2.24, 2.45) is 0 Å². The van der Waals surface area contributed by atoms with Gasteiger partial charge in [0, 0.05) is 4.47 Å². The fourth-order valence-corrected chi connectivity index (χ4v) is 1.45. The Kier molecular flexibility index (Phi) is 3.79. The van der Waals surface area contributed by atoms with Gasteiger partial charge in [0.15, 0.2) is 6.61 Å². The van der Waals surface area contributed by atoms with Crippen molar-refractivity contribution in [1.82, 2.24) is 0 Å². The molecule has 0 spiro atoms. The van der Waals surface area contributed by atoms with Crippen molar-refractivity contribution in [3.05, 3.63) is 28.2 Å². The van der Waals surface area contributed by atoms with Crippen LogP contribution in [-0.4, -0.2) is 23.9 Å². The number of hydrogen-bond acceptors (Lipinski definition) is 2. The average molecular weight is 299 g/mol. The lowest BCUT2D eigenvalue weighted by Gasteiger charge is -2.09. The minimum atomic E-state index is -4.42. The molecule has 0 aromatic heterocycles. The minimum absolute atomic E-state index is 0.0423. The summed E-state index contributed by atoms with van der Waals surface area (Å²) in [6, 6.07) is 3.51. The number of halogens is 4. The predicted molar refractivity (Wildman–Crippen MR) is 52.7 cm³/mol. The van der Waals surface area contributed by atoms with E-state index in [-0.39, 0.29) is 15.8 Å². The highest BCUT2D eigenvalue weighted by Crippen LogP contribution is 2.24. The first-order valence-corrected chi connectivity index (χ1v) is 4.81. The number of carboxylic acid groups (broad SMARTS) is 1. The lowest BCUT2D eigenvalue weighted by molar-refractivity contribution is -0.153. The molecule has 0 saturated carbocycles. The summed E-state index contributed by atoms with van der Waals surface area (Å²) in [7, 11) is 0. The van der Waals surface area contributed by atoms with Crippen LogP contribution in [0.15, 0.2) is 22.7 Å². The van der Waals surface area contributed by atoms with Gasteiger partial charge >= 0.3 is 12.1 Å². The Morgan fingerprint density at radius 2 is 2.06 bits per heavy atom. The monoisotopic (exact) mass is 298 g/mol. The highest BCUT2D eigenvalue weighted by molar-refractivity contribution is 9.10. The van der Waals surface area contributed by atoms with Gasteiger partial charge in [-0.1, -0.05) is 0 Å². The fourth-order valence-electron chi connectivity index (χ4n) is 0.924. The molecule has 0 bridgehead atoms. The van der Waals surface area contributed by atoms with Crippen LogP contribution in [0.25, 0.3) is 0 Å². The molecule has 88 valence electrons. The van der Waals surface area contributed by atoms with Gasteiger partial charge in [-0.2, -0.15) is 13.2 Å². The van der Waals surface area contributed by atoms with Crippen molar-refractivity contribution in [2.45, 2.75) is 6.18 Å². The van der Waals surface area contributed by atoms with Gasteiger partial charge in [0.2, 0.25) is 0 Å². The number of carbonyl (C=O) groups is 1. The zero-order valence-electron chi connectivity index (χ0n) is 7.71. The summed E-state index contributed by atoms with van der Waals surface area (Å²) in [5.74, 6) is -1.22. The van der Waals surface area contributed by atoms with Crippen LogP contribution in [0.4, 0.5) is 13.2 Å². The van der Waals surface area contributed by atoms with Crippen molar-refractivity contribution in [3.63, 3.8) is 0 Å². The smallest absolute Gasteiger partial charge is 0.422 e. The molecule has 3 nitrogen and oxygen atoms in total. The van der Waals surface area contributed by atoms with E-state index in [2.05, 4.69) is 20.7 Å². The van der Waals surface area contributed by atoms with Crippen LogP contribution in [-0.2, 0) is 0 Å². The molecular formula is C9H6BrF3O3. The number of carboxylic acids is 1. The second-order valence-corrected chi connectivity index (χ2v) is 3.70. The normalized spacial score (nSPS) is 11.2. The predicted octanol–water partition coefficient (Wildman–Crippen LogP) is 3.09. The van der Waals surface area contributed by atoms with E-state index < -0.39 is 18.8 Å². The van der Waals surface area contributed by atoms with Gasteiger partial charge in [0.05, 0.1) is 5.56 Å². The van der Waals surface area contributed by atoms with Crippen LogP contribution in [0, 0.1) is 0 Å². The number of hydrogen-bond donors (Lipinski definition) is 1. The second-order valence-electron chi connectivity index (χ2n) is 2.85. The van der Waals surface area contributed by atoms with E-state index in [0.717, 1.165) is 6.07 Å². The molecule has 0 heterocycles. The lowest BCUT2D eigenvalue weighted by atomic mass is 10.2. The van der Waals surface area contributed by atoms with Gasteiger partial charge in [-0.05, 0) is 34.1 Å². The Labute approximate surface area is 97.0 Å². The van der Waals surface area contributed by atoms with Crippen LogP contribution in [0.1, 0.15) is 10.4 Å². The zero-order valence-corrected chi connectivity index (χ0v) is 9.30. The van der Waals surface area contributed by atoms with Gasteiger partial charge < -0.3 is 9.84 Å². The molecule has 0 atom stereocenters. The average Bonchev–Trinajstić information content (AvgIpc) is 2.13. The Balaban J connectivity index is 2.78. The van der Waals surface area contributed by atoms with Crippen molar-refractivity contribution in [1.29, 1.82) is 0 Å². The molecule has 0 aliphatic rings. The summed E-state index contributed by atoms with van der Waals surface area (Å²) in [5.41, 5.74) is -0.0423. The summed E-state index contributed by atoms with van der Waals surface area (Å²) in [6.07, 6.45) is -4.42. The molecule has 0 unspecified atom stereocenters. The van der Waals surface area contributed by atoms with Crippen LogP contribution >= 0.6 is 15.9 Å². The third kappa shape index (κ3) is 3.73.